The van der Waals surface area contributed by atoms with Gasteiger partial charge in [0.05, 0.1) is 7.11 Å². The minimum Gasteiger partial charge on any atom is -0.493 e. The normalized spacial score (nSPS) is 18.5. The van der Waals surface area contributed by atoms with E-state index in [1.54, 1.807) is 41.2 Å². The molecule has 164 valence electrons. The monoisotopic (exact) mass is 425 g/mol. The molecule has 0 unspecified atom stereocenters. The van der Waals surface area contributed by atoms with Gasteiger partial charge in [0.25, 0.3) is 5.91 Å². The molecule has 8 nitrogen and oxygen atoms in total. The predicted octanol–water partition coefficient (Wildman–Crippen LogP) is 3.34. The largest absolute Gasteiger partial charge is 0.493 e. The number of hydrogen-bond donors (Lipinski definition) is 1. The summed E-state index contributed by atoms with van der Waals surface area (Å²) in [7, 11) is 1.60. The van der Waals surface area contributed by atoms with E-state index in [2.05, 4.69) is 5.32 Å². The topological polar surface area (TPSA) is 80.3 Å². The van der Waals surface area contributed by atoms with Crippen LogP contribution in [0.2, 0.25) is 0 Å². The van der Waals surface area contributed by atoms with Gasteiger partial charge in [-0.05, 0) is 49.2 Å². The number of hydrogen-bond acceptors (Lipinski definition) is 5. The number of para-hydroxylation sites is 2. The summed E-state index contributed by atoms with van der Waals surface area (Å²) in [5.41, 5.74) is 0.676. The Hall–Kier alpha value is -3.26. The van der Waals surface area contributed by atoms with Gasteiger partial charge >= 0.3 is 6.03 Å². The van der Waals surface area contributed by atoms with Crippen LogP contribution >= 0.6 is 0 Å². The minimum atomic E-state index is -0.308. The fourth-order valence-corrected chi connectivity index (χ4v) is 3.74. The molecule has 0 aliphatic carbocycles. The van der Waals surface area contributed by atoms with Crippen molar-refractivity contribution >= 4 is 17.6 Å². The van der Waals surface area contributed by atoms with Crippen LogP contribution in [-0.4, -0.2) is 67.7 Å². The van der Waals surface area contributed by atoms with E-state index < -0.39 is 0 Å². The third-order valence-electron chi connectivity index (χ3n) is 5.49. The summed E-state index contributed by atoms with van der Waals surface area (Å²) >= 11 is 0. The van der Waals surface area contributed by atoms with Crippen LogP contribution in [0.25, 0.3) is 0 Å². The lowest BCUT2D eigenvalue weighted by molar-refractivity contribution is -0.142. The molecule has 8 heteroatoms. The fourth-order valence-electron chi connectivity index (χ4n) is 3.74. The van der Waals surface area contributed by atoms with Crippen LogP contribution in [0, 0.1) is 0 Å². The maximum Gasteiger partial charge on any atom is 0.321 e. The van der Waals surface area contributed by atoms with Crippen molar-refractivity contribution in [1.82, 2.24) is 9.80 Å². The molecule has 3 amide bonds. The van der Waals surface area contributed by atoms with Crippen LogP contribution in [0.4, 0.5) is 10.5 Å². The van der Waals surface area contributed by atoms with E-state index in [1.165, 1.54) is 0 Å². The van der Waals surface area contributed by atoms with Gasteiger partial charge in [-0.15, -0.1) is 0 Å². The molecule has 0 radical (unpaired) electrons. The molecule has 4 rings (SSSR count). The number of ether oxygens (including phenoxy) is 3. The second-order valence-electron chi connectivity index (χ2n) is 7.52. The maximum atomic E-state index is 12.6. The van der Waals surface area contributed by atoms with E-state index in [9.17, 15) is 9.59 Å². The predicted molar refractivity (Wildman–Crippen MR) is 116 cm³/mol. The molecule has 2 aromatic rings. The average molecular weight is 425 g/mol. The molecular weight excluding hydrogens is 398 g/mol. The lowest BCUT2D eigenvalue weighted by atomic mass is 10.2. The summed E-state index contributed by atoms with van der Waals surface area (Å²) in [5, 5.41) is 2.90. The Balaban J connectivity index is 1.27. The van der Waals surface area contributed by atoms with E-state index in [1.807, 2.05) is 24.3 Å². The van der Waals surface area contributed by atoms with Crippen molar-refractivity contribution in [2.45, 2.75) is 18.9 Å². The van der Waals surface area contributed by atoms with Gasteiger partial charge in [-0.1, -0.05) is 12.1 Å². The van der Waals surface area contributed by atoms with Gasteiger partial charge in [-0.3, -0.25) is 4.79 Å². The highest BCUT2D eigenvalue weighted by atomic mass is 16.5. The van der Waals surface area contributed by atoms with Gasteiger partial charge in [0, 0.05) is 38.5 Å². The molecule has 2 aliphatic heterocycles. The summed E-state index contributed by atoms with van der Waals surface area (Å²) in [6.45, 7) is 2.70. The van der Waals surface area contributed by atoms with Crippen LogP contribution < -0.4 is 14.8 Å². The Labute approximate surface area is 181 Å². The van der Waals surface area contributed by atoms with E-state index in [4.69, 9.17) is 14.2 Å². The summed E-state index contributed by atoms with van der Waals surface area (Å²) in [5.74, 6) is 1.96. The fraction of sp³-hybridized carbons (Fsp3) is 0.391. The first-order chi connectivity index (χ1) is 15.1. The Morgan fingerprint density at radius 1 is 0.968 bits per heavy atom. The first-order valence-electron chi connectivity index (χ1n) is 10.5. The highest BCUT2D eigenvalue weighted by Gasteiger charge is 2.31. The maximum absolute atomic E-state index is 12.6. The summed E-state index contributed by atoms with van der Waals surface area (Å²) in [6, 6.07) is 14.4. The Bertz CT molecular complexity index is 904. The quantitative estimate of drug-likeness (QED) is 0.795. The number of rotatable bonds is 5. The Morgan fingerprint density at radius 3 is 2.29 bits per heavy atom. The van der Waals surface area contributed by atoms with Crippen LogP contribution in [-0.2, 0) is 9.53 Å². The lowest BCUT2D eigenvalue weighted by Gasteiger charge is -2.35. The average Bonchev–Trinajstić information content (AvgIpc) is 3.35. The van der Waals surface area contributed by atoms with E-state index in [0.29, 0.717) is 55.7 Å². The van der Waals surface area contributed by atoms with Crippen molar-refractivity contribution in [3.05, 3.63) is 48.5 Å². The van der Waals surface area contributed by atoms with Gasteiger partial charge in [-0.25, -0.2) is 4.79 Å². The number of piperazine rings is 1. The third kappa shape index (κ3) is 5.08. The number of carbonyl (C=O) groups is 2. The van der Waals surface area contributed by atoms with Crippen molar-refractivity contribution in [1.29, 1.82) is 0 Å². The van der Waals surface area contributed by atoms with Crippen molar-refractivity contribution in [3.63, 3.8) is 0 Å². The number of carbonyl (C=O) groups excluding carboxylic acids is 2. The minimum absolute atomic E-state index is 0.0446. The number of methoxy groups -OCH3 is 1. The molecule has 0 saturated carbocycles. The van der Waals surface area contributed by atoms with Crippen molar-refractivity contribution in [2.24, 2.45) is 0 Å². The molecule has 2 saturated heterocycles. The summed E-state index contributed by atoms with van der Waals surface area (Å²) in [4.78, 5) is 28.5. The van der Waals surface area contributed by atoms with E-state index in [-0.39, 0.29) is 18.0 Å². The number of nitrogens with one attached hydrogen (secondary N) is 1. The highest BCUT2D eigenvalue weighted by molar-refractivity contribution is 5.89. The number of anilines is 1. The molecule has 1 N–H and O–H groups in total. The van der Waals surface area contributed by atoms with Crippen LogP contribution in [0.1, 0.15) is 12.8 Å². The summed E-state index contributed by atoms with van der Waals surface area (Å²) in [6.07, 6.45) is 1.41. The third-order valence-corrected chi connectivity index (χ3v) is 5.49. The van der Waals surface area contributed by atoms with Gasteiger partial charge in [0.1, 0.15) is 11.9 Å². The van der Waals surface area contributed by atoms with Gasteiger partial charge in [0.2, 0.25) is 0 Å². The number of urea groups is 1. The molecule has 1 atom stereocenters. The van der Waals surface area contributed by atoms with Gasteiger partial charge in [0.15, 0.2) is 11.5 Å². The number of benzene rings is 2. The van der Waals surface area contributed by atoms with Crippen LogP contribution in [0.15, 0.2) is 48.5 Å². The van der Waals surface area contributed by atoms with Crippen LogP contribution in [0.5, 0.6) is 17.2 Å². The molecular formula is C23H27N3O5. The molecule has 2 heterocycles. The second kappa shape index (κ2) is 9.70. The molecule has 2 aromatic carbocycles. The smallest absolute Gasteiger partial charge is 0.321 e. The second-order valence-corrected chi connectivity index (χ2v) is 7.52. The summed E-state index contributed by atoms with van der Waals surface area (Å²) < 4.78 is 16.6. The zero-order valence-corrected chi connectivity index (χ0v) is 17.6. The van der Waals surface area contributed by atoms with E-state index in [0.717, 1.165) is 12.8 Å². The van der Waals surface area contributed by atoms with Crippen molar-refractivity contribution < 1.29 is 23.8 Å². The SMILES string of the molecule is COc1ccccc1Oc1ccc(NC(=O)N2CCN(C(=O)[C@@H]3CCCO3)CC2)cc1. The lowest BCUT2D eigenvalue weighted by Crippen LogP contribution is -2.53. The Kier molecular flexibility index (Phi) is 6.57. The van der Waals surface area contributed by atoms with Crippen molar-refractivity contribution in [2.75, 3.05) is 45.2 Å². The zero-order chi connectivity index (χ0) is 21.6. The number of amides is 3. The molecule has 0 aromatic heterocycles. The van der Waals surface area contributed by atoms with Gasteiger partial charge < -0.3 is 29.3 Å². The molecule has 2 aliphatic rings. The number of nitrogens with zero attached hydrogens (tertiary/aromatic N) is 2. The highest BCUT2D eigenvalue weighted by Crippen LogP contribution is 2.31. The molecule has 2 fully saturated rings. The van der Waals surface area contributed by atoms with Crippen LogP contribution in [0.3, 0.4) is 0 Å². The first-order valence-corrected chi connectivity index (χ1v) is 10.5. The van der Waals surface area contributed by atoms with Gasteiger partial charge in [-0.2, -0.15) is 0 Å². The standard InChI is InChI=1S/C23H27N3O5/c1-29-19-5-2-3-6-20(19)31-18-10-8-17(9-11-18)24-23(28)26-14-12-25(13-15-26)22(27)21-7-4-16-30-21/h2-3,5-6,8-11,21H,4,7,12-16H2,1H3,(H,24,28)/t21-/m0/s1. The van der Waals surface area contributed by atoms with Crippen molar-refractivity contribution in [3.8, 4) is 17.2 Å². The molecule has 0 bridgehead atoms. The molecule has 0 spiro atoms. The van der Waals surface area contributed by atoms with E-state index >= 15 is 0 Å². The zero-order valence-electron chi connectivity index (χ0n) is 17.6. The Morgan fingerprint density at radius 2 is 1.65 bits per heavy atom. The molecule has 31 heavy (non-hydrogen) atoms. The first kappa shape index (κ1) is 21.0.